The fourth-order valence-corrected chi connectivity index (χ4v) is 2.14. The molecule has 0 spiro atoms. The van der Waals surface area contributed by atoms with Gasteiger partial charge in [-0.15, -0.1) is 0 Å². The summed E-state index contributed by atoms with van der Waals surface area (Å²) in [5.74, 6) is 1.78. The zero-order chi connectivity index (χ0) is 13.5. The van der Waals surface area contributed by atoms with Crippen molar-refractivity contribution in [2.75, 3.05) is 34.4 Å². The summed E-state index contributed by atoms with van der Waals surface area (Å²) in [6, 6.07) is 6.43. The van der Waals surface area contributed by atoms with Gasteiger partial charge in [0.25, 0.3) is 0 Å². The van der Waals surface area contributed by atoms with Crippen LogP contribution in [0.15, 0.2) is 18.2 Å². The van der Waals surface area contributed by atoms with Gasteiger partial charge >= 0.3 is 0 Å². The molecule has 0 aliphatic rings. The molecule has 0 heterocycles. The third-order valence-corrected chi connectivity index (χ3v) is 3.18. The van der Waals surface area contributed by atoms with Crippen molar-refractivity contribution >= 4 is 0 Å². The van der Waals surface area contributed by atoms with Gasteiger partial charge in [-0.25, -0.2) is 0 Å². The number of methoxy groups -OCH3 is 2. The largest absolute Gasteiger partial charge is 0.496 e. The lowest BCUT2D eigenvalue weighted by Gasteiger charge is -2.20. The van der Waals surface area contributed by atoms with E-state index >= 15 is 0 Å². The van der Waals surface area contributed by atoms with Gasteiger partial charge < -0.3 is 14.8 Å². The first-order chi connectivity index (χ1) is 8.63. The maximum Gasteiger partial charge on any atom is 0.122 e. The van der Waals surface area contributed by atoms with Gasteiger partial charge in [0.2, 0.25) is 0 Å². The highest BCUT2D eigenvalue weighted by Gasteiger charge is 2.17. The molecule has 18 heavy (non-hydrogen) atoms. The predicted molar refractivity (Wildman–Crippen MR) is 75.6 cm³/mol. The molecule has 1 N–H and O–H groups in total. The monoisotopic (exact) mass is 251 g/mol. The highest BCUT2D eigenvalue weighted by molar-refractivity contribution is 5.41. The average molecular weight is 251 g/mol. The van der Waals surface area contributed by atoms with Crippen molar-refractivity contribution in [3.8, 4) is 5.75 Å². The number of hydrogen-bond acceptors (Lipinski definition) is 3. The molecular formula is C15H25NO2. The molecule has 1 atom stereocenters. The van der Waals surface area contributed by atoms with E-state index in [1.54, 1.807) is 14.2 Å². The minimum absolute atomic E-state index is 0.314. The molecule has 0 saturated heterocycles. The van der Waals surface area contributed by atoms with Crippen molar-refractivity contribution in [1.82, 2.24) is 5.32 Å². The fourth-order valence-electron chi connectivity index (χ4n) is 2.14. The molecule has 0 radical (unpaired) electrons. The van der Waals surface area contributed by atoms with Crippen LogP contribution in [-0.4, -0.2) is 34.4 Å². The van der Waals surface area contributed by atoms with Crippen LogP contribution < -0.4 is 10.1 Å². The standard InChI is InChI=1S/C15H25NO2/c1-11(2)12-6-7-15(18-5)14(8-12)13(9-16-3)10-17-4/h6-8,11,13,16H,9-10H2,1-5H3. The van der Waals surface area contributed by atoms with E-state index in [2.05, 4.69) is 37.4 Å². The van der Waals surface area contributed by atoms with Gasteiger partial charge in [0.1, 0.15) is 5.75 Å². The second kappa shape index (κ2) is 7.39. The van der Waals surface area contributed by atoms with Gasteiger partial charge in [0, 0.05) is 25.1 Å². The summed E-state index contributed by atoms with van der Waals surface area (Å²) >= 11 is 0. The van der Waals surface area contributed by atoms with E-state index in [1.807, 2.05) is 7.05 Å². The molecular weight excluding hydrogens is 226 g/mol. The van der Waals surface area contributed by atoms with Crippen molar-refractivity contribution < 1.29 is 9.47 Å². The number of hydrogen-bond donors (Lipinski definition) is 1. The zero-order valence-corrected chi connectivity index (χ0v) is 12.1. The molecule has 0 aliphatic carbocycles. The molecule has 1 unspecified atom stereocenters. The molecule has 1 rings (SSSR count). The van der Waals surface area contributed by atoms with Crippen molar-refractivity contribution in [3.63, 3.8) is 0 Å². The minimum Gasteiger partial charge on any atom is -0.496 e. The van der Waals surface area contributed by atoms with Crippen LogP contribution >= 0.6 is 0 Å². The molecule has 0 aliphatic heterocycles. The van der Waals surface area contributed by atoms with Crippen LogP contribution in [-0.2, 0) is 4.74 Å². The average Bonchev–Trinajstić information content (AvgIpc) is 2.37. The van der Waals surface area contributed by atoms with Gasteiger partial charge in [-0.3, -0.25) is 0 Å². The summed E-state index contributed by atoms with van der Waals surface area (Å²) in [4.78, 5) is 0. The maximum atomic E-state index is 5.47. The molecule has 0 fully saturated rings. The van der Waals surface area contributed by atoms with Crippen LogP contribution in [0.3, 0.4) is 0 Å². The Hall–Kier alpha value is -1.06. The first-order valence-electron chi connectivity index (χ1n) is 6.45. The van der Waals surface area contributed by atoms with Gasteiger partial charge in [0.05, 0.1) is 13.7 Å². The molecule has 1 aromatic carbocycles. The molecule has 102 valence electrons. The Balaban J connectivity index is 3.10. The van der Waals surface area contributed by atoms with E-state index < -0.39 is 0 Å². The van der Waals surface area contributed by atoms with Crippen LogP contribution in [0.4, 0.5) is 0 Å². The van der Waals surface area contributed by atoms with Crippen LogP contribution in [0.2, 0.25) is 0 Å². The summed E-state index contributed by atoms with van der Waals surface area (Å²) in [5.41, 5.74) is 2.56. The summed E-state index contributed by atoms with van der Waals surface area (Å²) in [6.07, 6.45) is 0. The van der Waals surface area contributed by atoms with Crippen LogP contribution in [0.25, 0.3) is 0 Å². The summed E-state index contributed by atoms with van der Waals surface area (Å²) < 4.78 is 10.8. The van der Waals surface area contributed by atoms with Crippen molar-refractivity contribution in [3.05, 3.63) is 29.3 Å². The smallest absolute Gasteiger partial charge is 0.122 e. The Morgan fingerprint density at radius 3 is 2.44 bits per heavy atom. The lowest BCUT2D eigenvalue weighted by Crippen LogP contribution is -2.21. The van der Waals surface area contributed by atoms with E-state index in [1.165, 1.54) is 11.1 Å². The van der Waals surface area contributed by atoms with E-state index in [4.69, 9.17) is 9.47 Å². The number of ether oxygens (including phenoxy) is 2. The lowest BCUT2D eigenvalue weighted by atomic mass is 9.93. The summed E-state index contributed by atoms with van der Waals surface area (Å²) in [5, 5.41) is 3.22. The van der Waals surface area contributed by atoms with E-state index in [0.29, 0.717) is 18.4 Å². The number of nitrogens with one attached hydrogen (secondary N) is 1. The van der Waals surface area contributed by atoms with E-state index in [0.717, 1.165) is 12.3 Å². The number of benzene rings is 1. The maximum absolute atomic E-state index is 5.47. The molecule has 0 amide bonds. The molecule has 1 aromatic rings. The van der Waals surface area contributed by atoms with Gasteiger partial charge in [0.15, 0.2) is 0 Å². The zero-order valence-electron chi connectivity index (χ0n) is 12.1. The number of rotatable bonds is 7. The number of likely N-dealkylation sites (N-methyl/N-ethyl adjacent to an activating group) is 1. The van der Waals surface area contributed by atoms with Crippen molar-refractivity contribution in [2.45, 2.75) is 25.7 Å². The lowest BCUT2D eigenvalue weighted by molar-refractivity contribution is 0.177. The first-order valence-corrected chi connectivity index (χ1v) is 6.45. The minimum atomic E-state index is 0.314. The highest BCUT2D eigenvalue weighted by Crippen LogP contribution is 2.30. The first kappa shape index (κ1) is 15.0. The SMILES string of the molecule is CNCC(COC)c1cc(C(C)C)ccc1OC. The Morgan fingerprint density at radius 1 is 1.22 bits per heavy atom. The normalized spacial score (nSPS) is 12.8. The van der Waals surface area contributed by atoms with Gasteiger partial charge in [-0.1, -0.05) is 26.0 Å². The van der Waals surface area contributed by atoms with Gasteiger partial charge in [-0.2, -0.15) is 0 Å². The second-order valence-electron chi connectivity index (χ2n) is 4.87. The van der Waals surface area contributed by atoms with Crippen LogP contribution in [0.1, 0.15) is 36.8 Å². The summed E-state index contributed by atoms with van der Waals surface area (Å²) in [7, 11) is 5.42. The molecule has 0 aromatic heterocycles. The Bertz CT molecular complexity index is 358. The predicted octanol–water partition coefficient (Wildman–Crippen LogP) is 2.77. The van der Waals surface area contributed by atoms with Crippen molar-refractivity contribution in [2.24, 2.45) is 0 Å². The molecule has 3 nitrogen and oxygen atoms in total. The third kappa shape index (κ3) is 3.72. The Labute approximate surface area is 110 Å². The highest BCUT2D eigenvalue weighted by atomic mass is 16.5. The second-order valence-corrected chi connectivity index (χ2v) is 4.87. The van der Waals surface area contributed by atoms with E-state index in [-0.39, 0.29) is 0 Å². The van der Waals surface area contributed by atoms with E-state index in [9.17, 15) is 0 Å². The summed E-state index contributed by atoms with van der Waals surface area (Å²) in [6.45, 7) is 5.98. The Kier molecular flexibility index (Phi) is 6.16. The Morgan fingerprint density at radius 2 is 1.94 bits per heavy atom. The molecule has 0 saturated carbocycles. The van der Waals surface area contributed by atoms with Crippen LogP contribution in [0.5, 0.6) is 5.75 Å². The quantitative estimate of drug-likeness (QED) is 0.808. The van der Waals surface area contributed by atoms with Crippen LogP contribution in [0, 0.1) is 0 Å². The molecule has 3 heteroatoms. The van der Waals surface area contributed by atoms with Crippen molar-refractivity contribution in [1.29, 1.82) is 0 Å². The fraction of sp³-hybridized carbons (Fsp3) is 0.600. The topological polar surface area (TPSA) is 30.5 Å². The molecule has 0 bridgehead atoms. The van der Waals surface area contributed by atoms with Gasteiger partial charge in [-0.05, 0) is 24.6 Å². The third-order valence-electron chi connectivity index (χ3n) is 3.18.